The number of aliphatic carboxylic acids is 1. The van der Waals surface area contributed by atoms with E-state index in [4.69, 9.17) is 4.74 Å². The van der Waals surface area contributed by atoms with Gasteiger partial charge in [0.05, 0.1) is 0 Å². The molecule has 0 atom stereocenters. The van der Waals surface area contributed by atoms with Crippen LogP contribution in [0.1, 0.15) is 21.5 Å². The van der Waals surface area contributed by atoms with Crippen LogP contribution < -0.4 is 10.1 Å². The van der Waals surface area contributed by atoms with Crippen LogP contribution in [0, 0.1) is 0 Å². The van der Waals surface area contributed by atoms with Gasteiger partial charge in [-0.05, 0) is 53.6 Å². The number of carbonyl (C=O) groups is 2. The number of amides is 1. The lowest BCUT2D eigenvalue weighted by molar-refractivity contribution is -0.132. The van der Waals surface area contributed by atoms with Crippen molar-refractivity contribution in [3.8, 4) is 11.5 Å². The van der Waals surface area contributed by atoms with E-state index in [0.717, 1.165) is 5.56 Å². The first kappa shape index (κ1) is 19.7. The predicted molar refractivity (Wildman–Crippen MR) is 108 cm³/mol. The van der Waals surface area contributed by atoms with Gasteiger partial charge in [0.15, 0.2) is 0 Å². The van der Waals surface area contributed by atoms with E-state index in [0.29, 0.717) is 16.9 Å². The smallest absolute Gasteiger partial charge is 0.352 e. The zero-order chi connectivity index (χ0) is 20.6. The van der Waals surface area contributed by atoms with Crippen molar-refractivity contribution in [3.63, 3.8) is 0 Å². The molecule has 0 aliphatic rings. The molecule has 0 fully saturated rings. The maximum absolute atomic E-state index is 12.2. The van der Waals surface area contributed by atoms with Crippen LogP contribution in [0.25, 0.3) is 6.08 Å². The van der Waals surface area contributed by atoms with Gasteiger partial charge in [0, 0.05) is 5.56 Å². The molecule has 29 heavy (non-hydrogen) atoms. The maximum atomic E-state index is 12.2. The third-order valence-corrected chi connectivity index (χ3v) is 4.02. The second-order valence-corrected chi connectivity index (χ2v) is 6.21. The minimum Gasteiger partial charge on any atom is -0.508 e. The summed E-state index contributed by atoms with van der Waals surface area (Å²) < 4.78 is 5.66. The highest BCUT2D eigenvalue weighted by Crippen LogP contribution is 2.17. The average molecular weight is 389 g/mol. The lowest BCUT2D eigenvalue weighted by Gasteiger charge is -2.08. The van der Waals surface area contributed by atoms with E-state index in [2.05, 4.69) is 5.32 Å². The second-order valence-electron chi connectivity index (χ2n) is 6.21. The summed E-state index contributed by atoms with van der Waals surface area (Å²) in [6.07, 6.45) is 1.38. The van der Waals surface area contributed by atoms with E-state index in [1.165, 1.54) is 6.08 Å². The number of aromatic hydroxyl groups is 1. The minimum absolute atomic E-state index is 0.172. The molecule has 6 heteroatoms. The topological polar surface area (TPSA) is 95.9 Å². The molecule has 3 rings (SSSR count). The Morgan fingerprint density at radius 2 is 1.66 bits per heavy atom. The Balaban J connectivity index is 1.67. The monoisotopic (exact) mass is 389 g/mol. The third kappa shape index (κ3) is 5.71. The van der Waals surface area contributed by atoms with E-state index >= 15 is 0 Å². The summed E-state index contributed by atoms with van der Waals surface area (Å²) in [6, 6.07) is 21.9. The number of carbonyl (C=O) groups excluding carboxylic acids is 1. The second kappa shape index (κ2) is 9.23. The summed E-state index contributed by atoms with van der Waals surface area (Å²) in [5.41, 5.74) is 1.56. The summed E-state index contributed by atoms with van der Waals surface area (Å²) in [6.45, 7) is 0.289. The number of carboxylic acid groups (broad SMARTS) is 1. The van der Waals surface area contributed by atoms with Crippen LogP contribution in [-0.4, -0.2) is 22.1 Å². The number of hydrogen-bond acceptors (Lipinski definition) is 4. The standard InChI is InChI=1S/C23H19NO5/c25-19-8-4-5-17(13-19)15-29-20-11-9-16(10-12-20)14-21(23(27)28)24-22(26)18-6-2-1-3-7-18/h1-14,25H,15H2,(H,24,26)(H,27,28)/b21-14-. The molecule has 0 saturated heterocycles. The number of phenols is 1. The van der Waals surface area contributed by atoms with Crippen molar-refractivity contribution in [1.29, 1.82) is 0 Å². The van der Waals surface area contributed by atoms with Crippen molar-refractivity contribution < 1.29 is 24.5 Å². The molecule has 0 spiro atoms. The molecule has 0 unspecified atom stereocenters. The van der Waals surface area contributed by atoms with E-state index < -0.39 is 11.9 Å². The Morgan fingerprint density at radius 3 is 2.31 bits per heavy atom. The fraction of sp³-hybridized carbons (Fsp3) is 0.0435. The zero-order valence-electron chi connectivity index (χ0n) is 15.4. The molecule has 0 aliphatic heterocycles. The van der Waals surface area contributed by atoms with Crippen LogP contribution in [0.4, 0.5) is 0 Å². The number of hydrogen-bond donors (Lipinski definition) is 3. The lowest BCUT2D eigenvalue weighted by Crippen LogP contribution is -2.27. The number of benzene rings is 3. The van der Waals surface area contributed by atoms with Crippen molar-refractivity contribution in [3.05, 3.63) is 101 Å². The number of nitrogens with one attached hydrogen (secondary N) is 1. The molecule has 0 saturated carbocycles. The molecule has 146 valence electrons. The van der Waals surface area contributed by atoms with Crippen molar-refractivity contribution >= 4 is 18.0 Å². The van der Waals surface area contributed by atoms with Gasteiger partial charge in [-0.2, -0.15) is 0 Å². The molecular weight excluding hydrogens is 370 g/mol. The molecule has 3 N–H and O–H groups in total. The Hall–Kier alpha value is -4.06. The van der Waals surface area contributed by atoms with Crippen LogP contribution in [0.2, 0.25) is 0 Å². The van der Waals surface area contributed by atoms with Gasteiger partial charge in [-0.3, -0.25) is 4.79 Å². The molecule has 6 nitrogen and oxygen atoms in total. The van der Waals surface area contributed by atoms with E-state index in [-0.39, 0.29) is 18.1 Å². The minimum atomic E-state index is -1.24. The van der Waals surface area contributed by atoms with E-state index in [1.54, 1.807) is 72.8 Å². The molecule has 3 aromatic rings. The van der Waals surface area contributed by atoms with Gasteiger partial charge in [-0.1, -0.05) is 42.5 Å². The SMILES string of the molecule is O=C(O)/C(=C/c1ccc(OCc2cccc(O)c2)cc1)NC(=O)c1ccccc1. The molecule has 1 amide bonds. The van der Waals surface area contributed by atoms with Crippen molar-refractivity contribution in [2.45, 2.75) is 6.61 Å². The van der Waals surface area contributed by atoms with Gasteiger partial charge in [0.2, 0.25) is 0 Å². The first-order valence-corrected chi connectivity index (χ1v) is 8.83. The molecule has 0 aliphatic carbocycles. The highest BCUT2D eigenvalue weighted by Gasteiger charge is 2.13. The quantitative estimate of drug-likeness (QED) is 0.534. The van der Waals surface area contributed by atoms with Crippen LogP contribution in [-0.2, 0) is 11.4 Å². The number of carboxylic acids is 1. The van der Waals surface area contributed by atoms with Crippen molar-refractivity contribution in [1.82, 2.24) is 5.32 Å². The molecule has 0 aromatic heterocycles. The first-order chi connectivity index (χ1) is 14.0. The van der Waals surface area contributed by atoms with Crippen LogP contribution in [0.3, 0.4) is 0 Å². The highest BCUT2D eigenvalue weighted by molar-refractivity contribution is 6.02. The Labute approximate surface area is 167 Å². The number of ether oxygens (including phenoxy) is 1. The summed E-state index contributed by atoms with van der Waals surface area (Å²) >= 11 is 0. The maximum Gasteiger partial charge on any atom is 0.352 e. The fourth-order valence-electron chi connectivity index (χ4n) is 2.58. The summed E-state index contributed by atoms with van der Waals surface area (Å²) in [7, 11) is 0. The molecule has 3 aromatic carbocycles. The van der Waals surface area contributed by atoms with Crippen LogP contribution >= 0.6 is 0 Å². The van der Waals surface area contributed by atoms with Gasteiger partial charge in [0.25, 0.3) is 5.91 Å². The molecule has 0 radical (unpaired) electrons. The predicted octanol–water partition coefficient (Wildman–Crippen LogP) is 3.83. The van der Waals surface area contributed by atoms with Gasteiger partial charge >= 0.3 is 5.97 Å². The van der Waals surface area contributed by atoms with Gasteiger partial charge in [-0.15, -0.1) is 0 Å². The fourth-order valence-corrected chi connectivity index (χ4v) is 2.58. The largest absolute Gasteiger partial charge is 0.508 e. The summed E-state index contributed by atoms with van der Waals surface area (Å²) in [5, 5.41) is 21.3. The first-order valence-electron chi connectivity index (χ1n) is 8.83. The van der Waals surface area contributed by atoms with Crippen LogP contribution in [0.5, 0.6) is 11.5 Å². The Kier molecular flexibility index (Phi) is 6.27. The van der Waals surface area contributed by atoms with Crippen molar-refractivity contribution in [2.75, 3.05) is 0 Å². The van der Waals surface area contributed by atoms with E-state index in [9.17, 15) is 19.8 Å². The molecular formula is C23H19NO5. The lowest BCUT2D eigenvalue weighted by atomic mass is 10.1. The summed E-state index contributed by atoms with van der Waals surface area (Å²) in [4.78, 5) is 23.7. The Morgan fingerprint density at radius 1 is 0.931 bits per heavy atom. The van der Waals surface area contributed by atoms with Gasteiger partial charge in [0.1, 0.15) is 23.8 Å². The average Bonchev–Trinajstić information content (AvgIpc) is 2.73. The normalized spacial score (nSPS) is 11.0. The van der Waals surface area contributed by atoms with E-state index in [1.807, 2.05) is 6.07 Å². The molecule has 0 bridgehead atoms. The Bertz CT molecular complexity index is 1030. The van der Waals surface area contributed by atoms with Crippen molar-refractivity contribution in [2.24, 2.45) is 0 Å². The van der Waals surface area contributed by atoms with Crippen LogP contribution in [0.15, 0.2) is 84.6 Å². The number of phenolic OH excluding ortho intramolecular Hbond substituents is 1. The zero-order valence-corrected chi connectivity index (χ0v) is 15.4. The summed E-state index contributed by atoms with van der Waals surface area (Å²) in [5.74, 6) is -0.968. The number of rotatable bonds is 7. The molecule has 0 heterocycles. The third-order valence-electron chi connectivity index (χ3n) is 4.02. The van der Waals surface area contributed by atoms with Gasteiger partial charge < -0.3 is 20.3 Å². The highest BCUT2D eigenvalue weighted by atomic mass is 16.5. The van der Waals surface area contributed by atoms with Gasteiger partial charge in [-0.25, -0.2) is 4.79 Å².